The van der Waals surface area contributed by atoms with E-state index in [2.05, 4.69) is 4.98 Å². The van der Waals surface area contributed by atoms with Gasteiger partial charge < -0.3 is 5.73 Å². The summed E-state index contributed by atoms with van der Waals surface area (Å²) in [7, 11) is 0. The minimum absolute atomic E-state index is 0.0822. The van der Waals surface area contributed by atoms with Crippen LogP contribution in [0.3, 0.4) is 0 Å². The average molecular weight is 190 g/mol. The third kappa shape index (κ3) is 1.76. The number of rotatable bonds is 2. The maximum absolute atomic E-state index is 6.01. The van der Waals surface area contributed by atoms with Gasteiger partial charge in [0.2, 0.25) is 0 Å². The van der Waals surface area contributed by atoms with Gasteiger partial charge in [0, 0.05) is 11.1 Å². The van der Waals surface area contributed by atoms with Crippen molar-refractivity contribution in [3.8, 4) is 0 Å². The van der Waals surface area contributed by atoms with Crippen molar-refractivity contribution in [2.75, 3.05) is 0 Å². The summed E-state index contributed by atoms with van der Waals surface area (Å²) in [4.78, 5) is 5.37. The Hall–Kier alpha value is -1.19. The number of thiophene rings is 1. The molecule has 0 aliphatic heterocycles. The second-order valence-electron chi connectivity index (χ2n) is 2.75. The lowest BCUT2D eigenvalue weighted by atomic mass is 10.2. The van der Waals surface area contributed by atoms with E-state index in [1.165, 1.54) is 0 Å². The third-order valence-electron chi connectivity index (χ3n) is 1.86. The topological polar surface area (TPSA) is 38.9 Å². The van der Waals surface area contributed by atoms with E-state index in [0.29, 0.717) is 0 Å². The molecule has 0 bridgehead atoms. The van der Waals surface area contributed by atoms with Gasteiger partial charge in [-0.05, 0) is 23.6 Å². The molecule has 0 saturated heterocycles. The number of pyridine rings is 1. The van der Waals surface area contributed by atoms with E-state index in [1.807, 2.05) is 35.7 Å². The molecular weight excluding hydrogens is 180 g/mol. The molecule has 13 heavy (non-hydrogen) atoms. The molecule has 0 amide bonds. The van der Waals surface area contributed by atoms with Crippen molar-refractivity contribution in [2.45, 2.75) is 6.04 Å². The molecule has 0 aromatic carbocycles. The minimum Gasteiger partial charge on any atom is -0.318 e. The Morgan fingerprint density at radius 3 is 2.77 bits per heavy atom. The summed E-state index contributed by atoms with van der Waals surface area (Å²) in [6, 6.07) is 9.75. The highest BCUT2D eigenvalue weighted by atomic mass is 32.1. The molecule has 0 radical (unpaired) electrons. The van der Waals surface area contributed by atoms with Crippen molar-refractivity contribution in [1.29, 1.82) is 0 Å². The molecule has 2 aromatic rings. The Kier molecular flexibility index (Phi) is 2.38. The summed E-state index contributed by atoms with van der Waals surface area (Å²) in [6.45, 7) is 0. The zero-order valence-electron chi connectivity index (χ0n) is 7.05. The lowest BCUT2D eigenvalue weighted by molar-refractivity contribution is 0.847. The van der Waals surface area contributed by atoms with Gasteiger partial charge in [-0.15, -0.1) is 11.3 Å². The Labute approximate surface area is 81.1 Å². The van der Waals surface area contributed by atoms with Gasteiger partial charge in [-0.1, -0.05) is 12.1 Å². The van der Waals surface area contributed by atoms with Gasteiger partial charge in [-0.25, -0.2) is 0 Å². The molecule has 2 N–H and O–H groups in total. The fraction of sp³-hybridized carbons (Fsp3) is 0.100. The van der Waals surface area contributed by atoms with Crippen LogP contribution in [0.1, 0.15) is 16.6 Å². The maximum Gasteiger partial charge on any atom is 0.0820 e. The fourth-order valence-electron chi connectivity index (χ4n) is 1.17. The van der Waals surface area contributed by atoms with Crippen LogP contribution in [0.15, 0.2) is 41.9 Å². The first-order chi connectivity index (χ1) is 6.38. The Bertz CT molecular complexity index is 356. The van der Waals surface area contributed by atoms with Crippen molar-refractivity contribution < 1.29 is 0 Å². The Morgan fingerprint density at radius 2 is 2.15 bits per heavy atom. The second-order valence-corrected chi connectivity index (χ2v) is 3.73. The first-order valence-corrected chi connectivity index (χ1v) is 4.96. The fourth-order valence-corrected chi connectivity index (χ4v) is 1.91. The molecule has 66 valence electrons. The molecule has 3 heteroatoms. The van der Waals surface area contributed by atoms with Crippen LogP contribution in [-0.2, 0) is 0 Å². The van der Waals surface area contributed by atoms with Gasteiger partial charge in [0.05, 0.1) is 11.7 Å². The summed E-state index contributed by atoms with van der Waals surface area (Å²) < 4.78 is 0. The molecule has 0 aliphatic carbocycles. The van der Waals surface area contributed by atoms with Crippen molar-refractivity contribution in [2.24, 2.45) is 5.73 Å². The first-order valence-electron chi connectivity index (χ1n) is 4.08. The molecule has 1 atom stereocenters. The van der Waals surface area contributed by atoms with E-state index in [-0.39, 0.29) is 6.04 Å². The van der Waals surface area contributed by atoms with E-state index in [0.717, 1.165) is 10.6 Å². The number of nitrogens with zero attached hydrogens (tertiary/aromatic N) is 1. The molecule has 0 fully saturated rings. The van der Waals surface area contributed by atoms with Gasteiger partial charge in [0.25, 0.3) is 0 Å². The minimum atomic E-state index is -0.0822. The molecule has 0 aliphatic rings. The normalized spacial score (nSPS) is 12.7. The molecule has 0 saturated carbocycles. The molecule has 0 spiro atoms. The SMILES string of the molecule is N[C@@H](c1ccccn1)c1cccs1. The van der Waals surface area contributed by atoms with Gasteiger partial charge >= 0.3 is 0 Å². The van der Waals surface area contributed by atoms with E-state index in [9.17, 15) is 0 Å². The van der Waals surface area contributed by atoms with Crippen molar-refractivity contribution >= 4 is 11.3 Å². The van der Waals surface area contributed by atoms with Crippen LogP contribution < -0.4 is 5.73 Å². The molecule has 0 unspecified atom stereocenters. The Morgan fingerprint density at radius 1 is 1.23 bits per heavy atom. The number of aromatic nitrogens is 1. The zero-order chi connectivity index (χ0) is 9.10. The van der Waals surface area contributed by atoms with Crippen molar-refractivity contribution in [1.82, 2.24) is 4.98 Å². The number of nitrogens with two attached hydrogens (primary N) is 1. The Balaban J connectivity index is 2.29. The van der Waals surface area contributed by atoms with Gasteiger partial charge in [-0.2, -0.15) is 0 Å². The van der Waals surface area contributed by atoms with Crippen LogP contribution >= 0.6 is 11.3 Å². The standard InChI is InChI=1S/C10H10N2S/c11-10(9-5-3-7-13-9)8-4-1-2-6-12-8/h1-7,10H,11H2/t10-/m0/s1. The largest absolute Gasteiger partial charge is 0.318 e. The molecular formula is C10H10N2S. The van der Waals surface area contributed by atoms with E-state index in [4.69, 9.17) is 5.73 Å². The smallest absolute Gasteiger partial charge is 0.0820 e. The zero-order valence-corrected chi connectivity index (χ0v) is 7.87. The molecule has 2 rings (SSSR count). The highest BCUT2D eigenvalue weighted by Gasteiger charge is 2.09. The van der Waals surface area contributed by atoms with Crippen LogP contribution in [0, 0.1) is 0 Å². The number of hydrogen-bond donors (Lipinski definition) is 1. The van der Waals surface area contributed by atoms with E-state index < -0.39 is 0 Å². The summed E-state index contributed by atoms with van der Waals surface area (Å²) >= 11 is 1.66. The van der Waals surface area contributed by atoms with Crippen LogP contribution in [0.5, 0.6) is 0 Å². The summed E-state index contributed by atoms with van der Waals surface area (Å²) in [5, 5.41) is 2.03. The second kappa shape index (κ2) is 3.68. The van der Waals surface area contributed by atoms with Crippen LogP contribution in [0.2, 0.25) is 0 Å². The number of hydrogen-bond acceptors (Lipinski definition) is 3. The summed E-state index contributed by atoms with van der Waals surface area (Å²) in [5.74, 6) is 0. The van der Waals surface area contributed by atoms with E-state index >= 15 is 0 Å². The van der Waals surface area contributed by atoms with Gasteiger partial charge in [-0.3, -0.25) is 4.98 Å². The van der Waals surface area contributed by atoms with Crippen LogP contribution in [-0.4, -0.2) is 4.98 Å². The van der Waals surface area contributed by atoms with Gasteiger partial charge in [0.1, 0.15) is 0 Å². The predicted octanol–water partition coefficient (Wildman–Crippen LogP) is 2.19. The van der Waals surface area contributed by atoms with Crippen LogP contribution in [0.4, 0.5) is 0 Å². The van der Waals surface area contributed by atoms with Crippen molar-refractivity contribution in [3.05, 3.63) is 52.5 Å². The van der Waals surface area contributed by atoms with Crippen LogP contribution in [0.25, 0.3) is 0 Å². The van der Waals surface area contributed by atoms with Crippen molar-refractivity contribution in [3.63, 3.8) is 0 Å². The maximum atomic E-state index is 6.01. The third-order valence-corrected chi connectivity index (χ3v) is 2.81. The van der Waals surface area contributed by atoms with Gasteiger partial charge in [0.15, 0.2) is 0 Å². The first kappa shape index (κ1) is 8.41. The highest BCUT2D eigenvalue weighted by Crippen LogP contribution is 2.21. The highest BCUT2D eigenvalue weighted by molar-refractivity contribution is 7.10. The molecule has 2 aromatic heterocycles. The summed E-state index contributed by atoms with van der Waals surface area (Å²) in [5.41, 5.74) is 6.93. The lowest BCUT2D eigenvalue weighted by Gasteiger charge is -2.07. The monoisotopic (exact) mass is 190 g/mol. The lowest BCUT2D eigenvalue weighted by Crippen LogP contribution is -2.11. The molecule has 2 heterocycles. The van der Waals surface area contributed by atoms with E-state index in [1.54, 1.807) is 17.5 Å². The quantitative estimate of drug-likeness (QED) is 0.788. The average Bonchev–Trinajstić information content (AvgIpc) is 2.71. The summed E-state index contributed by atoms with van der Waals surface area (Å²) in [6.07, 6.45) is 1.77. The molecule has 2 nitrogen and oxygen atoms in total. The predicted molar refractivity (Wildman–Crippen MR) is 54.6 cm³/mol.